The van der Waals surface area contributed by atoms with E-state index in [4.69, 9.17) is 17.3 Å². The summed E-state index contributed by atoms with van der Waals surface area (Å²) >= 11 is 5.70. The maximum absolute atomic E-state index is 5.70. The van der Waals surface area contributed by atoms with Gasteiger partial charge in [-0.2, -0.15) is 0 Å². The molecule has 3 nitrogen and oxygen atoms in total. The third-order valence-electron chi connectivity index (χ3n) is 1.49. The van der Waals surface area contributed by atoms with E-state index < -0.39 is 0 Å². The van der Waals surface area contributed by atoms with E-state index in [1.807, 2.05) is 6.20 Å². The molecule has 0 unspecified atom stereocenters. The standard InChI is InChI=1S/C7H6ClN3/c8-5-3-10-7-6(9)1-2-11(7)4-5/h1-4H,9H2. The Morgan fingerprint density at radius 1 is 1.55 bits per heavy atom. The Kier molecular flexibility index (Phi) is 1.26. The van der Waals surface area contributed by atoms with E-state index in [-0.39, 0.29) is 0 Å². The molecule has 0 bridgehead atoms. The topological polar surface area (TPSA) is 43.3 Å². The van der Waals surface area contributed by atoms with Crippen LogP contribution in [-0.4, -0.2) is 9.38 Å². The monoisotopic (exact) mass is 167 g/mol. The van der Waals surface area contributed by atoms with Gasteiger partial charge in [0.25, 0.3) is 0 Å². The number of nitrogen functional groups attached to an aromatic ring is 1. The van der Waals surface area contributed by atoms with Gasteiger partial charge in [0.2, 0.25) is 0 Å². The van der Waals surface area contributed by atoms with E-state index in [1.54, 1.807) is 22.9 Å². The van der Waals surface area contributed by atoms with Crippen molar-refractivity contribution in [2.75, 3.05) is 5.73 Å². The minimum Gasteiger partial charge on any atom is -0.396 e. The second-order valence-corrected chi connectivity index (χ2v) is 2.71. The van der Waals surface area contributed by atoms with E-state index in [0.717, 1.165) is 5.65 Å². The van der Waals surface area contributed by atoms with Crippen molar-refractivity contribution >= 4 is 22.9 Å². The largest absolute Gasteiger partial charge is 0.396 e. The number of hydrogen-bond acceptors (Lipinski definition) is 2. The average molecular weight is 168 g/mol. The lowest BCUT2D eigenvalue weighted by atomic mass is 10.5. The summed E-state index contributed by atoms with van der Waals surface area (Å²) in [4.78, 5) is 4.05. The van der Waals surface area contributed by atoms with Crippen molar-refractivity contribution in [1.29, 1.82) is 0 Å². The third-order valence-corrected chi connectivity index (χ3v) is 1.69. The Morgan fingerprint density at radius 3 is 3.18 bits per heavy atom. The Morgan fingerprint density at radius 2 is 2.36 bits per heavy atom. The molecular formula is C7H6ClN3. The molecule has 0 aliphatic heterocycles. The molecule has 0 aliphatic rings. The highest BCUT2D eigenvalue weighted by Gasteiger charge is 1.98. The van der Waals surface area contributed by atoms with Gasteiger partial charge in [-0.3, -0.25) is 0 Å². The van der Waals surface area contributed by atoms with E-state index in [9.17, 15) is 0 Å². The van der Waals surface area contributed by atoms with Crippen LogP contribution in [0.3, 0.4) is 0 Å². The molecule has 2 aromatic rings. The average Bonchev–Trinajstić information content (AvgIpc) is 2.32. The molecule has 4 heteroatoms. The van der Waals surface area contributed by atoms with Gasteiger partial charge in [-0.1, -0.05) is 11.6 Å². The zero-order valence-electron chi connectivity index (χ0n) is 5.66. The fraction of sp³-hybridized carbons (Fsp3) is 0. The molecule has 0 atom stereocenters. The van der Waals surface area contributed by atoms with Gasteiger partial charge in [0.05, 0.1) is 10.7 Å². The van der Waals surface area contributed by atoms with Crippen LogP contribution >= 0.6 is 11.6 Å². The quantitative estimate of drug-likeness (QED) is 0.647. The Balaban J connectivity index is 2.86. The van der Waals surface area contributed by atoms with Crippen LogP contribution in [0.25, 0.3) is 5.65 Å². The lowest BCUT2D eigenvalue weighted by molar-refractivity contribution is 1.13. The van der Waals surface area contributed by atoms with Gasteiger partial charge in [0.15, 0.2) is 5.65 Å². The zero-order valence-corrected chi connectivity index (χ0v) is 6.42. The molecule has 0 fully saturated rings. The molecule has 0 amide bonds. The second kappa shape index (κ2) is 2.13. The molecule has 2 aromatic heterocycles. The summed E-state index contributed by atoms with van der Waals surface area (Å²) in [6.07, 6.45) is 5.16. The highest BCUT2D eigenvalue weighted by Crippen LogP contribution is 2.14. The molecule has 2 N–H and O–H groups in total. The number of hydrogen-bond donors (Lipinski definition) is 1. The first-order valence-electron chi connectivity index (χ1n) is 3.15. The first-order chi connectivity index (χ1) is 5.27. The SMILES string of the molecule is Nc1ccn2cc(Cl)cnc12. The number of nitrogens with zero attached hydrogens (tertiary/aromatic N) is 2. The number of nitrogens with two attached hydrogens (primary N) is 1. The fourth-order valence-corrected chi connectivity index (χ4v) is 1.14. The number of halogens is 1. The van der Waals surface area contributed by atoms with Crippen molar-refractivity contribution in [3.63, 3.8) is 0 Å². The van der Waals surface area contributed by atoms with Gasteiger partial charge < -0.3 is 10.1 Å². The molecule has 0 radical (unpaired) electrons. The Labute approximate surface area is 68.4 Å². The van der Waals surface area contributed by atoms with Crippen molar-refractivity contribution in [1.82, 2.24) is 9.38 Å². The highest BCUT2D eigenvalue weighted by molar-refractivity contribution is 6.30. The molecular weight excluding hydrogens is 162 g/mol. The molecule has 56 valence electrons. The molecule has 0 saturated carbocycles. The Bertz CT molecular complexity index is 393. The third kappa shape index (κ3) is 0.935. The van der Waals surface area contributed by atoms with Gasteiger partial charge in [0, 0.05) is 18.6 Å². The smallest absolute Gasteiger partial charge is 0.160 e. The normalized spacial score (nSPS) is 10.6. The summed E-state index contributed by atoms with van der Waals surface area (Å²) in [7, 11) is 0. The summed E-state index contributed by atoms with van der Waals surface area (Å²) in [5.41, 5.74) is 7.01. The van der Waals surface area contributed by atoms with Crippen LogP contribution in [0.2, 0.25) is 5.02 Å². The van der Waals surface area contributed by atoms with E-state index >= 15 is 0 Å². The molecule has 0 aromatic carbocycles. The van der Waals surface area contributed by atoms with Gasteiger partial charge >= 0.3 is 0 Å². The van der Waals surface area contributed by atoms with Crippen LogP contribution in [0.15, 0.2) is 24.7 Å². The van der Waals surface area contributed by atoms with Crippen LogP contribution in [0.4, 0.5) is 5.69 Å². The molecule has 0 saturated heterocycles. The fourth-order valence-electron chi connectivity index (χ4n) is 0.989. The number of fused-ring (bicyclic) bond motifs is 1. The van der Waals surface area contributed by atoms with Crippen LogP contribution in [-0.2, 0) is 0 Å². The lowest BCUT2D eigenvalue weighted by Crippen LogP contribution is -1.88. The minimum atomic E-state index is 0.605. The molecule has 11 heavy (non-hydrogen) atoms. The van der Waals surface area contributed by atoms with Crippen LogP contribution in [0.1, 0.15) is 0 Å². The predicted molar refractivity (Wildman–Crippen MR) is 44.6 cm³/mol. The number of aromatic nitrogens is 2. The second-order valence-electron chi connectivity index (χ2n) is 2.27. The number of anilines is 1. The first-order valence-corrected chi connectivity index (χ1v) is 3.53. The summed E-state index contributed by atoms with van der Waals surface area (Å²) < 4.78 is 1.79. The van der Waals surface area contributed by atoms with Crippen LogP contribution < -0.4 is 5.73 Å². The highest BCUT2D eigenvalue weighted by atomic mass is 35.5. The summed E-state index contributed by atoms with van der Waals surface area (Å²) in [5.74, 6) is 0. The molecule has 0 aliphatic carbocycles. The Hall–Kier alpha value is -1.22. The van der Waals surface area contributed by atoms with Gasteiger partial charge in [-0.25, -0.2) is 4.98 Å². The summed E-state index contributed by atoms with van der Waals surface area (Å²) in [6, 6.07) is 1.79. The lowest BCUT2D eigenvalue weighted by Gasteiger charge is -1.93. The molecule has 0 spiro atoms. The maximum atomic E-state index is 5.70. The number of rotatable bonds is 0. The van der Waals surface area contributed by atoms with Crippen molar-refractivity contribution < 1.29 is 0 Å². The van der Waals surface area contributed by atoms with Crippen LogP contribution in [0.5, 0.6) is 0 Å². The van der Waals surface area contributed by atoms with Gasteiger partial charge in [-0.05, 0) is 6.07 Å². The van der Waals surface area contributed by atoms with Crippen molar-refractivity contribution in [3.8, 4) is 0 Å². The summed E-state index contributed by atoms with van der Waals surface area (Å²) in [6.45, 7) is 0. The summed E-state index contributed by atoms with van der Waals surface area (Å²) in [5, 5.41) is 0.605. The zero-order chi connectivity index (χ0) is 7.84. The molecule has 2 heterocycles. The molecule has 2 rings (SSSR count). The van der Waals surface area contributed by atoms with Gasteiger partial charge in [0.1, 0.15) is 0 Å². The van der Waals surface area contributed by atoms with Crippen molar-refractivity contribution in [2.24, 2.45) is 0 Å². The van der Waals surface area contributed by atoms with Crippen molar-refractivity contribution in [3.05, 3.63) is 29.7 Å². The van der Waals surface area contributed by atoms with Crippen LogP contribution in [0, 0.1) is 0 Å². The van der Waals surface area contributed by atoms with E-state index in [1.165, 1.54) is 0 Å². The van der Waals surface area contributed by atoms with E-state index in [2.05, 4.69) is 4.98 Å². The van der Waals surface area contributed by atoms with Gasteiger partial charge in [-0.15, -0.1) is 0 Å². The van der Waals surface area contributed by atoms with E-state index in [0.29, 0.717) is 10.7 Å². The maximum Gasteiger partial charge on any atom is 0.160 e. The predicted octanol–water partition coefficient (Wildman–Crippen LogP) is 1.57. The minimum absolute atomic E-state index is 0.605. The first kappa shape index (κ1) is 6.49. The van der Waals surface area contributed by atoms with Crippen molar-refractivity contribution in [2.45, 2.75) is 0 Å².